The molecular weight excluding hydrogens is 248 g/mol. The van der Waals surface area contributed by atoms with Crippen molar-refractivity contribution in [3.05, 3.63) is 21.9 Å². The summed E-state index contributed by atoms with van der Waals surface area (Å²) in [6, 6.07) is 2.46. The number of rotatable bonds is 6. The largest absolute Gasteiger partial charge is 0.393 e. The standard InChI is InChI=1S/C13H20N2O2S/c1-9(2)14-7-10(16)8-17-15-12-3-4-13-11(12)5-6-18-13/h5-6,9-10,14,16H,3-4,7-8H2,1-2H3. The molecule has 1 aromatic rings. The van der Waals surface area contributed by atoms with Crippen LogP contribution in [0.3, 0.4) is 0 Å². The average molecular weight is 268 g/mol. The predicted octanol–water partition coefficient (Wildman–Crippen LogP) is 1.77. The van der Waals surface area contributed by atoms with Gasteiger partial charge in [-0.2, -0.15) is 0 Å². The molecule has 1 atom stereocenters. The molecule has 18 heavy (non-hydrogen) atoms. The Hall–Kier alpha value is -0.910. The van der Waals surface area contributed by atoms with E-state index in [1.807, 2.05) is 13.8 Å². The van der Waals surface area contributed by atoms with Crippen LogP contribution in [0.15, 0.2) is 16.6 Å². The van der Waals surface area contributed by atoms with Crippen molar-refractivity contribution in [2.75, 3.05) is 13.2 Å². The van der Waals surface area contributed by atoms with E-state index in [4.69, 9.17) is 4.84 Å². The van der Waals surface area contributed by atoms with E-state index in [-0.39, 0.29) is 6.61 Å². The van der Waals surface area contributed by atoms with Crippen molar-refractivity contribution in [2.45, 2.75) is 38.8 Å². The maximum Gasteiger partial charge on any atom is 0.144 e. The molecule has 2 N–H and O–H groups in total. The number of fused-ring (bicyclic) bond motifs is 1. The molecule has 0 spiro atoms. The number of aliphatic hydroxyl groups is 1. The third-order valence-corrected chi connectivity index (χ3v) is 3.83. The minimum atomic E-state index is -0.514. The van der Waals surface area contributed by atoms with Crippen LogP contribution in [0, 0.1) is 0 Å². The highest BCUT2D eigenvalue weighted by molar-refractivity contribution is 7.10. The first-order valence-corrected chi connectivity index (χ1v) is 7.22. The van der Waals surface area contributed by atoms with E-state index in [0.29, 0.717) is 12.6 Å². The topological polar surface area (TPSA) is 53.8 Å². The number of aliphatic hydroxyl groups excluding tert-OH is 1. The lowest BCUT2D eigenvalue weighted by molar-refractivity contribution is 0.0393. The summed E-state index contributed by atoms with van der Waals surface area (Å²) in [5.74, 6) is 0. The zero-order valence-corrected chi connectivity index (χ0v) is 11.7. The van der Waals surface area contributed by atoms with Crippen molar-refractivity contribution in [3.63, 3.8) is 0 Å². The number of aryl methyl sites for hydroxylation is 1. The van der Waals surface area contributed by atoms with E-state index < -0.39 is 6.10 Å². The second-order valence-electron chi connectivity index (χ2n) is 4.81. The number of nitrogens with zero attached hydrogens (tertiary/aromatic N) is 1. The van der Waals surface area contributed by atoms with Gasteiger partial charge >= 0.3 is 0 Å². The van der Waals surface area contributed by atoms with Crippen molar-refractivity contribution in [1.29, 1.82) is 0 Å². The highest BCUT2D eigenvalue weighted by Crippen LogP contribution is 2.27. The Morgan fingerprint density at radius 1 is 1.50 bits per heavy atom. The lowest BCUT2D eigenvalue weighted by Gasteiger charge is -2.12. The first kappa shape index (κ1) is 13.5. The van der Waals surface area contributed by atoms with E-state index in [1.54, 1.807) is 11.3 Å². The fourth-order valence-corrected chi connectivity index (χ4v) is 2.79. The Balaban J connectivity index is 1.75. The summed E-state index contributed by atoms with van der Waals surface area (Å²) < 4.78 is 0. The van der Waals surface area contributed by atoms with Gasteiger partial charge in [-0.15, -0.1) is 11.3 Å². The lowest BCUT2D eigenvalue weighted by atomic mass is 10.2. The van der Waals surface area contributed by atoms with Gasteiger partial charge in [0, 0.05) is 23.0 Å². The number of thiophene rings is 1. The lowest BCUT2D eigenvalue weighted by Crippen LogP contribution is -2.34. The van der Waals surface area contributed by atoms with Gasteiger partial charge in [0.15, 0.2) is 0 Å². The third-order valence-electron chi connectivity index (χ3n) is 2.85. The molecule has 1 heterocycles. The van der Waals surface area contributed by atoms with Gasteiger partial charge in [-0.1, -0.05) is 19.0 Å². The monoisotopic (exact) mass is 268 g/mol. The van der Waals surface area contributed by atoms with Crippen LogP contribution in [0.2, 0.25) is 0 Å². The van der Waals surface area contributed by atoms with Crippen molar-refractivity contribution in [3.8, 4) is 0 Å². The quantitative estimate of drug-likeness (QED) is 0.773. The van der Waals surface area contributed by atoms with Crippen LogP contribution in [0.4, 0.5) is 0 Å². The van der Waals surface area contributed by atoms with Gasteiger partial charge in [0.25, 0.3) is 0 Å². The van der Waals surface area contributed by atoms with Gasteiger partial charge < -0.3 is 15.3 Å². The second kappa shape index (κ2) is 6.31. The van der Waals surface area contributed by atoms with E-state index in [0.717, 1.165) is 18.6 Å². The summed E-state index contributed by atoms with van der Waals surface area (Å²) >= 11 is 1.77. The molecule has 5 heteroatoms. The molecule has 0 saturated carbocycles. The van der Waals surface area contributed by atoms with Crippen LogP contribution in [-0.2, 0) is 11.3 Å². The summed E-state index contributed by atoms with van der Waals surface area (Å²) in [7, 11) is 0. The van der Waals surface area contributed by atoms with Crippen LogP contribution >= 0.6 is 11.3 Å². The summed E-state index contributed by atoms with van der Waals surface area (Å²) in [6.07, 6.45) is 1.50. The Bertz CT molecular complexity index is 415. The Labute approximate surface area is 112 Å². The SMILES string of the molecule is CC(C)NCC(O)CON=C1CCc2sccc21. The Kier molecular flexibility index (Phi) is 4.74. The van der Waals surface area contributed by atoms with Crippen LogP contribution < -0.4 is 5.32 Å². The first-order chi connectivity index (χ1) is 8.66. The highest BCUT2D eigenvalue weighted by Gasteiger charge is 2.19. The summed E-state index contributed by atoms with van der Waals surface area (Å²) in [4.78, 5) is 6.63. The fourth-order valence-electron chi connectivity index (χ4n) is 1.88. The summed E-state index contributed by atoms with van der Waals surface area (Å²) in [5, 5.41) is 19.1. The number of hydrogen-bond donors (Lipinski definition) is 2. The molecule has 2 rings (SSSR count). The number of hydrogen-bond acceptors (Lipinski definition) is 5. The van der Waals surface area contributed by atoms with Gasteiger partial charge in [-0.3, -0.25) is 0 Å². The molecule has 0 radical (unpaired) electrons. The molecule has 1 aliphatic rings. The van der Waals surface area contributed by atoms with Crippen molar-refractivity contribution >= 4 is 17.0 Å². The predicted molar refractivity (Wildman–Crippen MR) is 74.3 cm³/mol. The van der Waals surface area contributed by atoms with Crippen molar-refractivity contribution < 1.29 is 9.94 Å². The van der Waals surface area contributed by atoms with Crippen molar-refractivity contribution in [1.82, 2.24) is 5.32 Å². The smallest absolute Gasteiger partial charge is 0.144 e. The van der Waals surface area contributed by atoms with Gasteiger partial charge in [0.05, 0.1) is 5.71 Å². The molecule has 1 unspecified atom stereocenters. The van der Waals surface area contributed by atoms with Gasteiger partial charge in [0.1, 0.15) is 12.7 Å². The van der Waals surface area contributed by atoms with E-state index >= 15 is 0 Å². The molecule has 1 aliphatic carbocycles. The fraction of sp³-hybridized carbons (Fsp3) is 0.615. The number of oxime groups is 1. The van der Waals surface area contributed by atoms with Crippen LogP contribution in [0.1, 0.15) is 30.7 Å². The average Bonchev–Trinajstić information content (AvgIpc) is 2.90. The Morgan fingerprint density at radius 3 is 3.11 bits per heavy atom. The minimum absolute atomic E-state index is 0.239. The summed E-state index contributed by atoms with van der Waals surface area (Å²) in [6.45, 7) is 4.86. The molecule has 0 fully saturated rings. The van der Waals surface area contributed by atoms with Gasteiger partial charge in [-0.05, 0) is 24.3 Å². The maximum absolute atomic E-state index is 9.67. The molecule has 0 aromatic carbocycles. The highest BCUT2D eigenvalue weighted by atomic mass is 32.1. The maximum atomic E-state index is 9.67. The molecular formula is C13H20N2O2S. The van der Waals surface area contributed by atoms with Crippen LogP contribution in [-0.4, -0.2) is 36.1 Å². The molecule has 100 valence electrons. The minimum Gasteiger partial charge on any atom is -0.393 e. The molecule has 1 aromatic heterocycles. The first-order valence-electron chi connectivity index (χ1n) is 6.34. The van der Waals surface area contributed by atoms with Crippen LogP contribution in [0.5, 0.6) is 0 Å². The Morgan fingerprint density at radius 2 is 2.33 bits per heavy atom. The zero-order chi connectivity index (χ0) is 13.0. The third kappa shape index (κ3) is 3.54. The van der Waals surface area contributed by atoms with Gasteiger partial charge in [-0.25, -0.2) is 0 Å². The normalized spacial score (nSPS) is 18.3. The van der Waals surface area contributed by atoms with E-state index in [1.165, 1.54) is 10.4 Å². The van der Waals surface area contributed by atoms with Crippen molar-refractivity contribution in [2.24, 2.45) is 5.16 Å². The molecule has 0 bridgehead atoms. The molecule has 0 aliphatic heterocycles. The second-order valence-corrected chi connectivity index (χ2v) is 5.81. The molecule has 0 saturated heterocycles. The molecule has 4 nitrogen and oxygen atoms in total. The van der Waals surface area contributed by atoms with Gasteiger partial charge in [0.2, 0.25) is 0 Å². The van der Waals surface area contributed by atoms with E-state index in [2.05, 4.69) is 21.9 Å². The number of nitrogens with one attached hydrogen (secondary N) is 1. The van der Waals surface area contributed by atoms with Crippen LogP contribution in [0.25, 0.3) is 0 Å². The zero-order valence-electron chi connectivity index (χ0n) is 10.8. The molecule has 0 amide bonds. The van der Waals surface area contributed by atoms with E-state index in [9.17, 15) is 5.11 Å². The summed E-state index contributed by atoms with van der Waals surface area (Å²) in [5.41, 5.74) is 2.23.